The van der Waals surface area contributed by atoms with Crippen molar-refractivity contribution in [3.8, 4) is 0 Å². The highest BCUT2D eigenvalue weighted by Gasteiger charge is 2.32. The maximum Gasteiger partial charge on any atom is 0.430 e. The van der Waals surface area contributed by atoms with Gasteiger partial charge in [0.2, 0.25) is 9.84 Å². The molecule has 1 aliphatic rings. The van der Waals surface area contributed by atoms with Crippen LogP contribution in [0.25, 0.3) is 0 Å². The van der Waals surface area contributed by atoms with Crippen molar-refractivity contribution in [2.45, 2.75) is 16.0 Å². The number of benzene rings is 2. The number of alkyl halides is 3. The zero-order chi connectivity index (χ0) is 25.7. The first-order valence-corrected chi connectivity index (χ1v) is 10.9. The van der Waals surface area contributed by atoms with Gasteiger partial charge in [0.1, 0.15) is 22.2 Å². The summed E-state index contributed by atoms with van der Waals surface area (Å²) < 4.78 is 71.5. The first-order valence-electron chi connectivity index (χ1n) is 9.44. The van der Waals surface area contributed by atoms with Crippen molar-refractivity contribution < 1.29 is 50.9 Å². The Morgan fingerprint density at radius 2 is 1.59 bits per heavy atom. The van der Waals surface area contributed by atoms with Crippen molar-refractivity contribution in [1.82, 2.24) is 4.90 Å². The second-order valence-corrected chi connectivity index (χ2v) is 8.73. The number of sulfone groups is 1. The summed E-state index contributed by atoms with van der Waals surface area (Å²) in [6, 6.07) is 8.42. The second kappa shape index (κ2) is 10.6. The van der Waals surface area contributed by atoms with E-state index in [9.17, 15) is 40.9 Å². The number of carbonyl (C=O) groups is 2. The number of nitrogens with two attached hydrogens (primary N) is 1. The number of piperazine rings is 1. The van der Waals surface area contributed by atoms with Crippen LogP contribution in [0, 0.1) is 15.9 Å². The van der Waals surface area contributed by atoms with Gasteiger partial charge in [-0.3, -0.25) is 14.9 Å². The maximum atomic E-state index is 14.5. The normalized spacial score (nSPS) is 14.1. The van der Waals surface area contributed by atoms with Crippen LogP contribution < -0.4 is 10.4 Å². The van der Waals surface area contributed by atoms with Gasteiger partial charge in [-0.15, -0.1) is 0 Å². The summed E-state index contributed by atoms with van der Waals surface area (Å²) in [5.74, 6) is -4.96. The van der Waals surface area contributed by atoms with E-state index in [1.165, 1.54) is 29.2 Å². The molecule has 184 valence electrons. The quantitative estimate of drug-likeness (QED) is 0.344. The third-order valence-corrected chi connectivity index (χ3v) is 6.33. The lowest BCUT2D eigenvalue weighted by Crippen LogP contribution is -2.89. The Bertz CT molecular complexity index is 1180. The Balaban J connectivity index is 0.000000509. The lowest BCUT2D eigenvalue weighted by Gasteiger charge is -2.25. The molecule has 0 unspecified atom stereocenters. The first kappa shape index (κ1) is 26.7. The van der Waals surface area contributed by atoms with Crippen molar-refractivity contribution in [1.29, 1.82) is 0 Å². The fraction of sp³-hybridized carbons (Fsp3) is 0.263. The highest BCUT2D eigenvalue weighted by molar-refractivity contribution is 7.91. The number of hydrogen-bond donors (Lipinski definition) is 1. The number of carbonyl (C=O) groups excluding carboxylic acids is 2. The predicted octanol–water partition coefficient (Wildman–Crippen LogP) is -0.115. The van der Waals surface area contributed by atoms with Crippen LogP contribution in [0.15, 0.2) is 52.3 Å². The molecule has 10 nitrogen and oxygen atoms in total. The van der Waals surface area contributed by atoms with Gasteiger partial charge in [-0.2, -0.15) is 13.2 Å². The third kappa shape index (κ3) is 6.26. The van der Waals surface area contributed by atoms with E-state index in [1.54, 1.807) is 6.07 Å². The Kier molecular flexibility index (Phi) is 8.28. The van der Waals surface area contributed by atoms with Crippen molar-refractivity contribution in [3.63, 3.8) is 0 Å². The summed E-state index contributed by atoms with van der Waals surface area (Å²) in [6.07, 6.45) is -5.19. The van der Waals surface area contributed by atoms with E-state index in [4.69, 9.17) is 9.90 Å². The number of rotatable bonds is 4. The smallest absolute Gasteiger partial charge is 0.430 e. The largest absolute Gasteiger partial charge is 0.542 e. The lowest BCUT2D eigenvalue weighted by atomic mass is 10.1. The second-order valence-electron chi connectivity index (χ2n) is 6.82. The van der Waals surface area contributed by atoms with Crippen LogP contribution in [-0.2, 0) is 14.6 Å². The molecule has 0 aromatic heterocycles. The molecule has 1 amide bonds. The molecule has 1 heterocycles. The van der Waals surface area contributed by atoms with E-state index in [1.807, 2.05) is 5.32 Å². The van der Waals surface area contributed by atoms with E-state index in [0.717, 1.165) is 6.07 Å². The van der Waals surface area contributed by atoms with E-state index in [2.05, 4.69) is 0 Å². The Morgan fingerprint density at radius 1 is 1.06 bits per heavy atom. The Morgan fingerprint density at radius 3 is 2.06 bits per heavy atom. The van der Waals surface area contributed by atoms with Crippen molar-refractivity contribution in [2.24, 2.45) is 0 Å². The molecule has 15 heteroatoms. The molecule has 0 bridgehead atoms. The number of carboxylic acids is 1. The molecular weight excluding hydrogens is 490 g/mol. The zero-order valence-corrected chi connectivity index (χ0v) is 17.9. The number of halogens is 4. The van der Waals surface area contributed by atoms with Gasteiger partial charge in [0.15, 0.2) is 0 Å². The molecule has 0 aliphatic carbocycles. The van der Waals surface area contributed by atoms with Crippen molar-refractivity contribution in [3.05, 3.63) is 64.0 Å². The van der Waals surface area contributed by atoms with Crippen LogP contribution in [-0.4, -0.2) is 62.5 Å². The highest BCUT2D eigenvalue weighted by atomic mass is 32.2. The summed E-state index contributed by atoms with van der Waals surface area (Å²) in [5, 5.41) is 22.1. The number of amides is 1. The summed E-state index contributed by atoms with van der Waals surface area (Å²) in [4.78, 5) is 32.4. The topological polar surface area (TPSA) is 154 Å². The van der Waals surface area contributed by atoms with Gasteiger partial charge in [0.05, 0.1) is 42.1 Å². The Hall–Kier alpha value is -3.59. The molecule has 34 heavy (non-hydrogen) atoms. The fourth-order valence-corrected chi connectivity index (χ4v) is 4.28. The molecule has 0 spiro atoms. The van der Waals surface area contributed by atoms with E-state index in [0.29, 0.717) is 32.2 Å². The average Bonchev–Trinajstić information content (AvgIpc) is 2.79. The van der Waals surface area contributed by atoms with Gasteiger partial charge in [-0.05, 0) is 18.2 Å². The summed E-state index contributed by atoms with van der Waals surface area (Å²) in [7, 11) is -4.27. The molecule has 2 aromatic carbocycles. The van der Waals surface area contributed by atoms with Crippen molar-refractivity contribution >= 4 is 27.4 Å². The average molecular weight is 507 g/mol. The first-order chi connectivity index (χ1) is 15.8. The standard InChI is InChI=1S/C17H16FN3O5S.C2HF3O2/c18-14-11-15(21(23)24)13(17(22)20-8-6-19-7-9-20)10-16(14)27(25,26)12-4-2-1-3-5-12;3-2(4,5)1(6)7/h1-5,10-11,19H,6-9H2;(H,6,7). The molecule has 1 saturated heterocycles. The molecule has 0 radical (unpaired) electrons. The summed E-state index contributed by atoms with van der Waals surface area (Å²) in [5.41, 5.74) is -1.18. The molecule has 1 fully saturated rings. The monoisotopic (exact) mass is 507 g/mol. The fourth-order valence-electron chi connectivity index (χ4n) is 2.92. The molecule has 2 N–H and O–H groups in total. The molecule has 1 aliphatic heterocycles. The van der Waals surface area contributed by atoms with Crippen LogP contribution in [0.1, 0.15) is 10.4 Å². The molecule has 3 rings (SSSR count). The number of nitrogens with zero attached hydrogens (tertiary/aromatic N) is 2. The van der Waals surface area contributed by atoms with E-state index in [-0.39, 0.29) is 4.90 Å². The molecule has 2 aromatic rings. The van der Waals surface area contributed by atoms with E-state index >= 15 is 0 Å². The zero-order valence-electron chi connectivity index (χ0n) is 17.1. The van der Waals surface area contributed by atoms with Crippen LogP contribution in [0.2, 0.25) is 0 Å². The Labute approximate surface area is 189 Å². The van der Waals surface area contributed by atoms with E-state index < -0.39 is 54.8 Å². The maximum absolute atomic E-state index is 14.5. The summed E-state index contributed by atoms with van der Waals surface area (Å²) >= 11 is 0. The minimum atomic E-state index is -5.19. The predicted molar refractivity (Wildman–Crippen MR) is 104 cm³/mol. The molecular formula is C19H17F4N3O7S. The number of aliphatic carboxylic acids is 1. The highest BCUT2D eigenvalue weighted by Crippen LogP contribution is 2.30. The summed E-state index contributed by atoms with van der Waals surface area (Å²) in [6.45, 7) is 2.01. The van der Waals surface area contributed by atoms with Gasteiger partial charge < -0.3 is 20.1 Å². The molecule has 0 saturated carbocycles. The number of carboxylic acid groups (broad SMARTS) is 1. The SMILES string of the molecule is O=C([O-])C(F)(F)F.O=C(c1cc(S(=O)(=O)c2ccccc2)c(F)cc1[N+](=O)[O-])N1CC[NH2+]CC1. The van der Waals surface area contributed by atoms with Gasteiger partial charge in [-0.1, -0.05) is 18.2 Å². The molecule has 0 atom stereocenters. The van der Waals surface area contributed by atoms with Gasteiger partial charge in [0, 0.05) is 0 Å². The van der Waals surface area contributed by atoms with Crippen LogP contribution in [0.4, 0.5) is 23.2 Å². The van der Waals surface area contributed by atoms with Crippen LogP contribution in [0.5, 0.6) is 0 Å². The number of nitro groups is 1. The van der Waals surface area contributed by atoms with Gasteiger partial charge >= 0.3 is 6.18 Å². The van der Waals surface area contributed by atoms with Crippen LogP contribution >= 0.6 is 0 Å². The van der Waals surface area contributed by atoms with Crippen molar-refractivity contribution in [2.75, 3.05) is 26.2 Å². The minimum absolute atomic E-state index is 0.163. The third-order valence-electron chi connectivity index (χ3n) is 4.55. The van der Waals surface area contributed by atoms with Gasteiger partial charge in [-0.25, -0.2) is 12.8 Å². The number of hydrogen-bond acceptors (Lipinski definition) is 7. The van der Waals surface area contributed by atoms with Gasteiger partial charge in [0.25, 0.3) is 11.6 Å². The number of nitro benzene ring substituents is 1. The van der Waals surface area contributed by atoms with Crippen LogP contribution in [0.3, 0.4) is 0 Å². The lowest BCUT2D eigenvalue weighted by molar-refractivity contribution is -0.661. The minimum Gasteiger partial charge on any atom is -0.542 e. The number of quaternary nitrogens is 1.